The number of fused-ring (bicyclic) bond motifs is 1. The highest BCUT2D eigenvalue weighted by molar-refractivity contribution is 6.32. The van der Waals surface area contributed by atoms with E-state index in [0.29, 0.717) is 22.4 Å². The highest BCUT2D eigenvalue weighted by atomic mass is 35.5. The van der Waals surface area contributed by atoms with E-state index < -0.39 is 12.1 Å². The highest BCUT2D eigenvalue weighted by Gasteiger charge is 2.32. The van der Waals surface area contributed by atoms with Crippen molar-refractivity contribution in [3.05, 3.63) is 35.6 Å². The van der Waals surface area contributed by atoms with Gasteiger partial charge in [-0.25, -0.2) is 14.6 Å². The quantitative estimate of drug-likeness (QED) is 0.674. The van der Waals surface area contributed by atoms with Crippen LogP contribution in [0.25, 0.3) is 22.4 Å². The summed E-state index contributed by atoms with van der Waals surface area (Å²) in [6.07, 6.45) is -1.92. The summed E-state index contributed by atoms with van der Waals surface area (Å²) >= 11 is 5.88. The number of amides is 1. The van der Waals surface area contributed by atoms with Crippen molar-refractivity contribution in [2.24, 2.45) is 0 Å². The van der Waals surface area contributed by atoms with Crippen LogP contribution in [0.2, 0.25) is 5.02 Å². The lowest BCUT2D eigenvalue weighted by Gasteiger charge is -2.11. The molecule has 0 N–H and O–H groups in total. The third-order valence-electron chi connectivity index (χ3n) is 3.58. The van der Waals surface area contributed by atoms with Crippen LogP contribution in [0.15, 0.2) is 30.6 Å². The van der Waals surface area contributed by atoms with Crippen LogP contribution in [0.4, 0.5) is 13.2 Å². The van der Waals surface area contributed by atoms with Gasteiger partial charge in [-0.1, -0.05) is 11.6 Å². The van der Waals surface area contributed by atoms with E-state index in [1.54, 1.807) is 14.1 Å². The van der Waals surface area contributed by atoms with Crippen LogP contribution >= 0.6 is 11.6 Å². The van der Waals surface area contributed by atoms with Gasteiger partial charge in [0, 0.05) is 19.7 Å². The van der Waals surface area contributed by atoms with Gasteiger partial charge in [0.05, 0.1) is 23.1 Å². The molecule has 7 nitrogen and oxygen atoms in total. The Kier molecular flexibility index (Phi) is 4.92. The van der Waals surface area contributed by atoms with Gasteiger partial charge in [-0.3, -0.25) is 4.79 Å². The van der Waals surface area contributed by atoms with Gasteiger partial charge in [-0.05, 0) is 18.2 Å². The molecule has 1 aromatic carbocycles. The number of carbonyl (C=O) groups excluding carboxylic acids is 1. The van der Waals surface area contributed by atoms with Crippen molar-refractivity contribution in [2.75, 3.05) is 14.1 Å². The van der Waals surface area contributed by atoms with Gasteiger partial charge in [-0.2, -0.15) is 5.10 Å². The molecule has 0 radical (unpaired) electrons. The van der Waals surface area contributed by atoms with Gasteiger partial charge in [0.25, 0.3) is 0 Å². The number of halogens is 4. The van der Waals surface area contributed by atoms with Gasteiger partial charge in [0.1, 0.15) is 17.8 Å². The number of ether oxygens (including phenoxy) is 1. The minimum Gasteiger partial charge on any atom is -0.404 e. The minimum atomic E-state index is -4.84. The van der Waals surface area contributed by atoms with Gasteiger partial charge >= 0.3 is 6.36 Å². The third-order valence-corrected chi connectivity index (χ3v) is 3.88. The van der Waals surface area contributed by atoms with Crippen molar-refractivity contribution in [1.82, 2.24) is 24.6 Å². The predicted octanol–water partition coefficient (Wildman–Crippen LogP) is 3.13. The molecule has 0 aliphatic heterocycles. The third kappa shape index (κ3) is 4.27. The molecule has 0 unspecified atom stereocenters. The lowest BCUT2D eigenvalue weighted by Crippen LogP contribution is -2.26. The second kappa shape index (κ2) is 7.03. The SMILES string of the molecule is CN(C)C(=O)Cn1ncc2ncc(-c3ccc(OC(F)(F)F)c(Cl)c3)nc21. The Morgan fingerprint density at radius 2 is 2.04 bits per heavy atom. The molecule has 3 aromatic rings. The second-order valence-corrected chi connectivity index (χ2v) is 6.15. The van der Waals surface area contributed by atoms with E-state index in [9.17, 15) is 18.0 Å². The maximum Gasteiger partial charge on any atom is 0.573 e. The van der Waals surface area contributed by atoms with Crippen molar-refractivity contribution >= 4 is 28.7 Å². The van der Waals surface area contributed by atoms with E-state index in [-0.39, 0.29) is 17.5 Å². The molecule has 0 aliphatic rings. The summed E-state index contributed by atoms with van der Waals surface area (Å²) in [5.74, 6) is -0.688. The average molecular weight is 400 g/mol. The Morgan fingerprint density at radius 1 is 1.30 bits per heavy atom. The molecule has 0 saturated heterocycles. The van der Waals surface area contributed by atoms with Crippen LogP contribution in [-0.2, 0) is 11.3 Å². The number of likely N-dealkylation sites (N-methyl/N-ethyl adjacent to an activating group) is 1. The molecule has 0 aliphatic carbocycles. The molecule has 2 heterocycles. The van der Waals surface area contributed by atoms with Gasteiger partial charge < -0.3 is 9.64 Å². The number of carbonyl (C=O) groups is 1. The molecule has 1 amide bonds. The first-order valence-corrected chi connectivity index (χ1v) is 7.96. The Morgan fingerprint density at radius 3 is 2.67 bits per heavy atom. The lowest BCUT2D eigenvalue weighted by atomic mass is 10.1. The van der Waals surface area contributed by atoms with E-state index in [1.807, 2.05) is 0 Å². The molecule has 11 heteroatoms. The van der Waals surface area contributed by atoms with Crippen LogP contribution in [0, 0.1) is 0 Å². The fourth-order valence-corrected chi connectivity index (χ4v) is 2.46. The number of hydrogen-bond acceptors (Lipinski definition) is 5. The topological polar surface area (TPSA) is 73.1 Å². The summed E-state index contributed by atoms with van der Waals surface area (Å²) < 4.78 is 42.3. The Labute approximate surface area is 156 Å². The zero-order valence-corrected chi connectivity index (χ0v) is 14.9. The first kappa shape index (κ1) is 18.9. The second-order valence-electron chi connectivity index (χ2n) is 5.75. The van der Waals surface area contributed by atoms with E-state index in [4.69, 9.17) is 11.6 Å². The predicted molar refractivity (Wildman–Crippen MR) is 91.1 cm³/mol. The van der Waals surface area contributed by atoms with Crippen LogP contribution < -0.4 is 4.74 Å². The summed E-state index contributed by atoms with van der Waals surface area (Å²) in [6.45, 7) is -0.0201. The maximum absolute atomic E-state index is 12.3. The van der Waals surface area contributed by atoms with E-state index in [1.165, 1.54) is 34.1 Å². The summed E-state index contributed by atoms with van der Waals surface area (Å²) in [6, 6.07) is 3.78. The van der Waals surface area contributed by atoms with Crippen LogP contribution in [0.1, 0.15) is 0 Å². The monoisotopic (exact) mass is 399 g/mol. The van der Waals surface area contributed by atoms with Crippen molar-refractivity contribution in [2.45, 2.75) is 12.9 Å². The average Bonchev–Trinajstić information content (AvgIpc) is 2.97. The first-order valence-electron chi connectivity index (χ1n) is 7.58. The summed E-state index contributed by atoms with van der Waals surface area (Å²) in [5, 5.41) is 3.88. The molecule has 2 aromatic heterocycles. The molecular weight excluding hydrogens is 387 g/mol. The molecule has 0 saturated carbocycles. The smallest absolute Gasteiger partial charge is 0.404 e. The highest BCUT2D eigenvalue weighted by Crippen LogP contribution is 2.33. The van der Waals surface area contributed by atoms with Crippen LogP contribution in [-0.4, -0.2) is 51.0 Å². The molecular formula is C16H13ClF3N5O2. The van der Waals surface area contributed by atoms with Gasteiger partial charge in [0.15, 0.2) is 5.65 Å². The zero-order valence-electron chi connectivity index (χ0n) is 14.2. The number of aromatic nitrogens is 4. The zero-order chi connectivity index (χ0) is 19.8. The van der Waals surface area contributed by atoms with E-state index >= 15 is 0 Å². The standard InChI is InChI=1S/C16H13ClF3N5O2/c1-24(2)14(26)8-25-15-12(7-22-25)21-6-11(23-15)9-3-4-13(10(17)5-9)27-16(18,19)20/h3-7H,8H2,1-2H3. The number of hydrogen-bond donors (Lipinski definition) is 0. The molecule has 27 heavy (non-hydrogen) atoms. The molecule has 0 fully saturated rings. The van der Waals surface area contributed by atoms with Crippen LogP contribution in [0.3, 0.4) is 0 Å². The normalized spacial score (nSPS) is 11.6. The fraction of sp³-hybridized carbons (Fsp3) is 0.250. The summed E-state index contributed by atoms with van der Waals surface area (Å²) in [5.41, 5.74) is 1.65. The first-order chi connectivity index (χ1) is 12.6. The van der Waals surface area contributed by atoms with E-state index in [0.717, 1.165) is 6.07 Å². The molecule has 0 spiro atoms. The minimum absolute atomic E-state index is 0.0201. The molecule has 142 valence electrons. The van der Waals surface area contributed by atoms with Crippen molar-refractivity contribution in [3.8, 4) is 17.0 Å². The Balaban J connectivity index is 1.95. The molecule has 0 bridgehead atoms. The van der Waals surface area contributed by atoms with Gasteiger partial charge in [0.2, 0.25) is 5.91 Å². The van der Waals surface area contributed by atoms with E-state index in [2.05, 4.69) is 19.8 Å². The van der Waals surface area contributed by atoms with Crippen molar-refractivity contribution in [1.29, 1.82) is 0 Å². The fourth-order valence-electron chi connectivity index (χ4n) is 2.24. The van der Waals surface area contributed by atoms with Crippen LogP contribution in [0.5, 0.6) is 5.75 Å². The number of alkyl halides is 3. The lowest BCUT2D eigenvalue weighted by molar-refractivity contribution is -0.274. The number of rotatable bonds is 4. The Bertz CT molecular complexity index is 1000. The number of nitrogens with zero attached hydrogens (tertiary/aromatic N) is 5. The Hall–Kier alpha value is -2.88. The number of benzene rings is 1. The summed E-state index contributed by atoms with van der Waals surface area (Å²) in [7, 11) is 3.25. The van der Waals surface area contributed by atoms with Gasteiger partial charge in [-0.15, -0.1) is 13.2 Å². The van der Waals surface area contributed by atoms with Crippen molar-refractivity contribution in [3.63, 3.8) is 0 Å². The molecule has 3 rings (SSSR count). The van der Waals surface area contributed by atoms with Crippen molar-refractivity contribution < 1.29 is 22.7 Å². The molecule has 0 atom stereocenters. The summed E-state index contributed by atoms with van der Waals surface area (Å²) in [4.78, 5) is 21.9. The maximum atomic E-state index is 12.3. The largest absolute Gasteiger partial charge is 0.573 e.